The minimum absolute atomic E-state index is 0. The second-order valence-electron chi connectivity index (χ2n) is 4.72. The Morgan fingerprint density at radius 1 is 1.30 bits per heavy atom. The van der Waals surface area contributed by atoms with E-state index in [0.29, 0.717) is 6.04 Å². The Labute approximate surface area is 143 Å². The molecule has 5 heteroatoms. The predicted octanol–water partition coefficient (Wildman–Crippen LogP) is 4.21. The van der Waals surface area contributed by atoms with Gasteiger partial charge in [-0.25, -0.2) is 0 Å². The number of hydrogen-bond donors (Lipinski definition) is 1. The maximum absolute atomic E-state index is 3.85. The van der Waals surface area contributed by atoms with Gasteiger partial charge < -0.3 is 5.32 Å². The third-order valence-electron chi connectivity index (χ3n) is 3.47. The van der Waals surface area contributed by atoms with E-state index >= 15 is 0 Å². The lowest BCUT2D eigenvalue weighted by atomic mass is 9.99. The van der Waals surface area contributed by atoms with Crippen LogP contribution in [0, 0.1) is 0 Å². The van der Waals surface area contributed by atoms with Crippen LogP contribution in [-0.4, -0.2) is 31.1 Å². The maximum atomic E-state index is 3.85. The lowest BCUT2D eigenvalue weighted by Crippen LogP contribution is -2.45. The van der Waals surface area contributed by atoms with E-state index in [0.717, 1.165) is 39.0 Å². The highest BCUT2D eigenvalue weighted by molar-refractivity contribution is 9.10. The minimum atomic E-state index is 0. The highest BCUT2D eigenvalue weighted by Crippen LogP contribution is 2.28. The molecule has 114 valence electrons. The molecule has 1 atom stereocenters. The summed E-state index contributed by atoms with van der Waals surface area (Å²) in [5.41, 5.74) is 1.41. The van der Waals surface area contributed by atoms with Crippen molar-refractivity contribution in [1.29, 1.82) is 0 Å². The third-order valence-corrected chi connectivity index (χ3v) is 3.96. The lowest BCUT2D eigenvalue weighted by molar-refractivity contribution is 0.166. The highest BCUT2D eigenvalue weighted by atomic mass is 79.9. The number of halogens is 3. The van der Waals surface area contributed by atoms with Crippen molar-refractivity contribution in [3.05, 3.63) is 47.0 Å². The smallest absolute Gasteiger partial charge is 0.0352 e. The molecule has 0 aromatic heterocycles. The van der Waals surface area contributed by atoms with E-state index in [2.05, 4.69) is 57.0 Å². The van der Waals surface area contributed by atoms with Gasteiger partial charge in [0.15, 0.2) is 0 Å². The highest BCUT2D eigenvalue weighted by Gasteiger charge is 2.21. The SMILES string of the molecule is C=CCC[C@@H](c1cccc(Br)c1)N1CCNCC1.Cl.Cl. The van der Waals surface area contributed by atoms with Gasteiger partial charge in [-0.3, -0.25) is 4.90 Å². The van der Waals surface area contributed by atoms with Crippen LogP contribution in [0.4, 0.5) is 0 Å². The number of hydrogen-bond acceptors (Lipinski definition) is 2. The van der Waals surface area contributed by atoms with Crippen molar-refractivity contribution in [2.24, 2.45) is 0 Å². The van der Waals surface area contributed by atoms with E-state index in [1.165, 1.54) is 10.0 Å². The standard InChI is InChI=1S/C15H21BrN2.2ClH/c1-2-3-7-15(18-10-8-17-9-11-18)13-5-4-6-14(16)12-13;;/h2,4-6,12,15,17H,1,3,7-11H2;2*1H/t15-;;/m0../s1. The van der Waals surface area contributed by atoms with Crippen LogP contribution in [0.3, 0.4) is 0 Å². The second kappa shape index (κ2) is 10.6. The fraction of sp³-hybridized carbons (Fsp3) is 0.467. The summed E-state index contributed by atoms with van der Waals surface area (Å²) in [7, 11) is 0. The van der Waals surface area contributed by atoms with Crippen LogP contribution >= 0.6 is 40.7 Å². The molecular formula is C15H23BrCl2N2. The van der Waals surface area contributed by atoms with Gasteiger partial charge in [0.2, 0.25) is 0 Å². The van der Waals surface area contributed by atoms with Crippen molar-refractivity contribution in [2.75, 3.05) is 26.2 Å². The third kappa shape index (κ3) is 5.74. The first kappa shape index (κ1) is 19.9. The van der Waals surface area contributed by atoms with Crippen molar-refractivity contribution in [3.63, 3.8) is 0 Å². The number of nitrogens with one attached hydrogen (secondary N) is 1. The van der Waals surface area contributed by atoms with Gasteiger partial charge in [0.05, 0.1) is 0 Å². The predicted molar refractivity (Wildman–Crippen MR) is 95.3 cm³/mol. The second-order valence-corrected chi connectivity index (χ2v) is 5.64. The summed E-state index contributed by atoms with van der Waals surface area (Å²) in [5, 5.41) is 3.42. The molecule has 2 nitrogen and oxygen atoms in total. The molecule has 0 aliphatic carbocycles. The van der Waals surface area contributed by atoms with Crippen LogP contribution < -0.4 is 5.32 Å². The summed E-state index contributed by atoms with van der Waals surface area (Å²) >= 11 is 3.57. The van der Waals surface area contributed by atoms with Gasteiger partial charge in [-0.1, -0.05) is 34.1 Å². The lowest BCUT2D eigenvalue weighted by Gasteiger charge is -2.35. The summed E-state index contributed by atoms with van der Waals surface area (Å²) in [5.74, 6) is 0. The molecule has 1 aromatic rings. The molecule has 1 aromatic carbocycles. The van der Waals surface area contributed by atoms with Gasteiger partial charge in [0.1, 0.15) is 0 Å². The van der Waals surface area contributed by atoms with Gasteiger partial charge in [0.25, 0.3) is 0 Å². The zero-order chi connectivity index (χ0) is 12.8. The van der Waals surface area contributed by atoms with Crippen LogP contribution in [0.5, 0.6) is 0 Å². The summed E-state index contributed by atoms with van der Waals surface area (Å²) in [6, 6.07) is 9.22. The van der Waals surface area contributed by atoms with Gasteiger partial charge in [0, 0.05) is 36.7 Å². The summed E-state index contributed by atoms with van der Waals surface area (Å²) < 4.78 is 1.17. The Kier molecular flexibility index (Phi) is 10.6. The molecular weight excluding hydrogens is 359 g/mol. The minimum Gasteiger partial charge on any atom is -0.314 e. The Morgan fingerprint density at radius 3 is 2.60 bits per heavy atom. The van der Waals surface area contributed by atoms with Crippen LogP contribution in [0.2, 0.25) is 0 Å². The average Bonchev–Trinajstić information content (AvgIpc) is 2.40. The molecule has 0 bridgehead atoms. The van der Waals surface area contributed by atoms with E-state index in [1.54, 1.807) is 0 Å². The first-order valence-electron chi connectivity index (χ1n) is 6.62. The molecule has 0 radical (unpaired) electrons. The average molecular weight is 382 g/mol. The largest absolute Gasteiger partial charge is 0.314 e. The van der Waals surface area contributed by atoms with E-state index in [-0.39, 0.29) is 24.8 Å². The van der Waals surface area contributed by atoms with Crippen LogP contribution in [0.25, 0.3) is 0 Å². The zero-order valence-electron chi connectivity index (χ0n) is 11.6. The summed E-state index contributed by atoms with van der Waals surface area (Å²) in [6.45, 7) is 8.31. The Bertz CT molecular complexity index is 395. The van der Waals surface area contributed by atoms with E-state index < -0.39 is 0 Å². The number of rotatable bonds is 5. The number of piperazine rings is 1. The number of nitrogens with zero attached hydrogens (tertiary/aromatic N) is 1. The first-order valence-corrected chi connectivity index (χ1v) is 7.41. The Hall–Kier alpha value is -0.0600. The van der Waals surface area contributed by atoms with E-state index in [4.69, 9.17) is 0 Å². The molecule has 0 saturated carbocycles. The summed E-state index contributed by atoms with van der Waals surface area (Å²) in [6.07, 6.45) is 4.24. The topological polar surface area (TPSA) is 15.3 Å². The molecule has 1 fully saturated rings. The molecule has 0 unspecified atom stereocenters. The van der Waals surface area contributed by atoms with Crippen molar-refractivity contribution in [2.45, 2.75) is 18.9 Å². The van der Waals surface area contributed by atoms with Crippen molar-refractivity contribution in [1.82, 2.24) is 10.2 Å². The molecule has 0 amide bonds. The maximum Gasteiger partial charge on any atom is 0.0352 e. The van der Waals surface area contributed by atoms with Crippen LogP contribution in [0.1, 0.15) is 24.4 Å². The summed E-state index contributed by atoms with van der Waals surface area (Å²) in [4.78, 5) is 2.59. The van der Waals surface area contributed by atoms with E-state index in [1.807, 2.05) is 6.08 Å². The molecule has 20 heavy (non-hydrogen) atoms. The quantitative estimate of drug-likeness (QED) is 0.768. The molecule has 1 N–H and O–H groups in total. The van der Waals surface area contributed by atoms with Crippen molar-refractivity contribution in [3.8, 4) is 0 Å². The van der Waals surface area contributed by atoms with E-state index in [9.17, 15) is 0 Å². The first-order chi connectivity index (χ1) is 8.81. The fourth-order valence-corrected chi connectivity index (χ4v) is 2.96. The normalized spacial score (nSPS) is 16.6. The Morgan fingerprint density at radius 2 is 2.00 bits per heavy atom. The molecule has 1 saturated heterocycles. The zero-order valence-corrected chi connectivity index (χ0v) is 14.8. The number of allylic oxidation sites excluding steroid dienone is 1. The van der Waals surface area contributed by atoms with Crippen molar-refractivity contribution >= 4 is 40.7 Å². The Balaban J connectivity index is 0.00000180. The molecule has 1 heterocycles. The fourth-order valence-electron chi connectivity index (χ4n) is 2.54. The van der Waals surface area contributed by atoms with Crippen LogP contribution in [0.15, 0.2) is 41.4 Å². The monoisotopic (exact) mass is 380 g/mol. The molecule has 1 aliphatic heterocycles. The van der Waals surface area contributed by atoms with Crippen LogP contribution in [-0.2, 0) is 0 Å². The molecule has 2 rings (SSSR count). The molecule has 0 spiro atoms. The van der Waals surface area contributed by atoms with Gasteiger partial charge in [-0.15, -0.1) is 31.4 Å². The van der Waals surface area contributed by atoms with Crippen molar-refractivity contribution < 1.29 is 0 Å². The molecule has 1 aliphatic rings. The van der Waals surface area contributed by atoms with Gasteiger partial charge >= 0.3 is 0 Å². The van der Waals surface area contributed by atoms with Gasteiger partial charge in [-0.05, 0) is 30.5 Å². The van der Waals surface area contributed by atoms with Gasteiger partial charge in [-0.2, -0.15) is 0 Å². The number of benzene rings is 1.